The molecule has 0 saturated heterocycles. The van der Waals surface area contributed by atoms with Crippen LogP contribution in [0.15, 0.2) is 72.0 Å². The molecule has 4 nitrogen and oxygen atoms in total. The summed E-state index contributed by atoms with van der Waals surface area (Å²) in [5.74, 6) is 1.53. The van der Waals surface area contributed by atoms with Crippen LogP contribution in [-0.2, 0) is 5.75 Å². The Labute approximate surface area is 138 Å². The molecule has 0 fully saturated rings. The van der Waals surface area contributed by atoms with Gasteiger partial charge in [-0.1, -0.05) is 60.3 Å². The average molecular weight is 318 g/mol. The molecule has 4 aromatic rings. The van der Waals surface area contributed by atoms with Crippen molar-refractivity contribution in [1.82, 2.24) is 20.2 Å². The van der Waals surface area contributed by atoms with Gasteiger partial charge in [0.05, 0.1) is 0 Å². The number of aromatic nitrogens is 4. The summed E-state index contributed by atoms with van der Waals surface area (Å²) in [6.07, 6.45) is 1.75. The van der Waals surface area contributed by atoms with Gasteiger partial charge in [0.15, 0.2) is 5.82 Å². The zero-order valence-electron chi connectivity index (χ0n) is 12.3. The predicted molar refractivity (Wildman–Crippen MR) is 93.1 cm³/mol. The van der Waals surface area contributed by atoms with E-state index in [0.29, 0.717) is 5.82 Å². The van der Waals surface area contributed by atoms with E-state index >= 15 is 0 Å². The van der Waals surface area contributed by atoms with Gasteiger partial charge in [-0.3, -0.25) is 10.1 Å². The number of rotatable bonds is 4. The summed E-state index contributed by atoms with van der Waals surface area (Å²) in [4.78, 5) is 8.79. The highest BCUT2D eigenvalue weighted by molar-refractivity contribution is 7.98. The van der Waals surface area contributed by atoms with Crippen LogP contribution < -0.4 is 0 Å². The highest BCUT2D eigenvalue weighted by Crippen LogP contribution is 2.26. The van der Waals surface area contributed by atoms with E-state index < -0.39 is 0 Å². The van der Waals surface area contributed by atoms with E-state index in [0.717, 1.165) is 16.6 Å². The molecule has 5 heteroatoms. The Bertz CT molecular complexity index is 929. The number of thioether (sulfide) groups is 1. The van der Waals surface area contributed by atoms with Crippen LogP contribution in [0, 0.1) is 0 Å². The first-order valence-corrected chi connectivity index (χ1v) is 8.32. The lowest BCUT2D eigenvalue weighted by Crippen LogP contribution is -1.85. The molecule has 23 heavy (non-hydrogen) atoms. The number of H-pyrrole nitrogens is 1. The minimum atomic E-state index is 0.700. The summed E-state index contributed by atoms with van der Waals surface area (Å²) < 4.78 is 0. The quantitative estimate of drug-likeness (QED) is 0.570. The zero-order chi connectivity index (χ0) is 15.5. The van der Waals surface area contributed by atoms with E-state index in [9.17, 15) is 0 Å². The highest BCUT2D eigenvalue weighted by atomic mass is 32.2. The van der Waals surface area contributed by atoms with Crippen molar-refractivity contribution in [2.45, 2.75) is 10.9 Å². The lowest BCUT2D eigenvalue weighted by molar-refractivity contribution is 0.973. The molecule has 2 aromatic carbocycles. The Hall–Kier alpha value is -2.66. The Balaban J connectivity index is 1.54. The van der Waals surface area contributed by atoms with Crippen LogP contribution in [-0.4, -0.2) is 20.2 Å². The number of hydrogen-bond donors (Lipinski definition) is 1. The summed E-state index contributed by atoms with van der Waals surface area (Å²) in [5, 5.41) is 10.5. The van der Waals surface area contributed by atoms with Crippen molar-refractivity contribution >= 4 is 22.5 Å². The van der Waals surface area contributed by atoms with Crippen molar-refractivity contribution in [2.24, 2.45) is 0 Å². The first-order chi connectivity index (χ1) is 11.4. The first-order valence-electron chi connectivity index (χ1n) is 7.33. The van der Waals surface area contributed by atoms with Gasteiger partial charge >= 0.3 is 0 Å². The number of pyridine rings is 1. The summed E-state index contributed by atoms with van der Waals surface area (Å²) >= 11 is 1.62. The molecule has 0 saturated carbocycles. The SMILES string of the molecule is c1ccc(-c2nc(SCc3cccc4ccccc34)n[nH]2)nc1. The average Bonchev–Trinajstić information content (AvgIpc) is 3.10. The van der Waals surface area contributed by atoms with Crippen LogP contribution in [0.4, 0.5) is 0 Å². The molecular weight excluding hydrogens is 304 g/mol. The Morgan fingerprint density at radius 1 is 0.913 bits per heavy atom. The fourth-order valence-electron chi connectivity index (χ4n) is 2.49. The maximum absolute atomic E-state index is 4.51. The van der Waals surface area contributed by atoms with Crippen LogP contribution in [0.1, 0.15) is 5.56 Å². The highest BCUT2D eigenvalue weighted by Gasteiger charge is 2.08. The van der Waals surface area contributed by atoms with Gasteiger partial charge in [0.1, 0.15) is 5.69 Å². The molecule has 2 heterocycles. The predicted octanol–water partition coefficient (Wildman–Crippen LogP) is 4.31. The van der Waals surface area contributed by atoms with Crippen molar-refractivity contribution < 1.29 is 0 Å². The van der Waals surface area contributed by atoms with Crippen molar-refractivity contribution in [2.75, 3.05) is 0 Å². The lowest BCUT2D eigenvalue weighted by atomic mass is 10.1. The smallest absolute Gasteiger partial charge is 0.209 e. The molecule has 0 unspecified atom stereocenters. The third kappa shape index (κ3) is 2.96. The second-order valence-corrected chi connectivity index (χ2v) is 6.05. The van der Waals surface area contributed by atoms with Gasteiger partial charge < -0.3 is 0 Å². The van der Waals surface area contributed by atoms with Crippen molar-refractivity contribution in [3.05, 3.63) is 72.4 Å². The molecule has 0 amide bonds. The van der Waals surface area contributed by atoms with Gasteiger partial charge in [-0.05, 0) is 28.5 Å². The third-order valence-corrected chi connectivity index (χ3v) is 4.51. The largest absolute Gasteiger partial charge is 0.257 e. The number of nitrogens with zero attached hydrogens (tertiary/aromatic N) is 3. The normalized spacial score (nSPS) is 11.0. The van der Waals surface area contributed by atoms with Crippen LogP contribution in [0.2, 0.25) is 0 Å². The molecule has 112 valence electrons. The molecule has 2 aromatic heterocycles. The van der Waals surface area contributed by atoms with E-state index in [2.05, 4.69) is 62.6 Å². The number of fused-ring (bicyclic) bond motifs is 1. The van der Waals surface area contributed by atoms with E-state index in [4.69, 9.17) is 0 Å². The van der Waals surface area contributed by atoms with Crippen LogP contribution >= 0.6 is 11.8 Å². The van der Waals surface area contributed by atoms with Crippen molar-refractivity contribution in [3.8, 4) is 11.5 Å². The molecule has 4 rings (SSSR count). The molecule has 1 N–H and O–H groups in total. The van der Waals surface area contributed by atoms with Crippen molar-refractivity contribution in [3.63, 3.8) is 0 Å². The lowest BCUT2D eigenvalue weighted by Gasteiger charge is -2.04. The fourth-order valence-corrected chi connectivity index (χ4v) is 3.29. The third-order valence-electron chi connectivity index (χ3n) is 3.61. The fraction of sp³-hybridized carbons (Fsp3) is 0.0556. The second kappa shape index (κ2) is 6.22. The second-order valence-electron chi connectivity index (χ2n) is 5.11. The van der Waals surface area contributed by atoms with E-state index in [1.165, 1.54) is 16.3 Å². The van der Waals surface area contributed by atoms with Gasteiger partial charge in [0.2, 0.25) is 5.16 Å². The van der Waals surface area contributed by atoms with Gasteiger partial charge in [0.25, 0.3) is 0 Å². The van der Waals surface area contributed by atoms with Crippen LogP contribution in [0.25, 0.3) is 22.3 Å². The molecule has 0 aliphatic carbocycles. The van der Waals surface area contributed by atoms with Crippen LogP contribution in [0.5, 0.6) is 0 Å². The van der Waals surface area contributed by atoms with Gasteiger partial charge in [-0.2, -0.15) is 4.98 Å². The first kappa shape index (κ1) is 14.0. The number of aromatic amines is 1. The molecule has 0 aliphatic heterocycles. The molecular formula is C18H14N4S. The number of nitrogens with one attached hydrogen (secondary N) is 1. The topological polar surface area (TPSA) is 54.5 Å². The summed E-state index contributed by atoms with van der Waals surface area (Å²) in [6.45, 7) is 0. The van der Waals surface area contributed by atoms with Gasteiger partial charge in [-0.25, -0.2) is 0 Å². The van der Waals surface area contributed by atoms with Gasteiger partial charge in [-0.15, -0.1) is 5.10 Å². The minimum absolute atomic E-state index is 0.700. The minimum Gasteiger partial charge on any atom is -0.257 e. The molecule has 0 bridgehead atoms. The molecule has 0 radical (unpaired) electrons. The monoisotopic (exact) mass is 318 g/mol. The summed E-state index contributed by atoms with van der Waals surface area (Å²) in [7, 11) is 0. The number of benzene rings is 2. The maximum Gasteiger partial charge on any atom is 0.209 e. The Morgan fingerprint density at radius 2 is 1.78 bits per heavy atom. The molecule has 0 spiro atoms. The summed E-state index contributed by atoms with van der Waals surface area (Å²) in [6, 6.07) is 20.5. The Morgan fingerprint density at radius 3 is 2.70 bits per heavy atom. The van der Waals surface area contributed by atoms with E-state index in [1.807, 2.05) is 18.2 Å². The summed E-state index contributed by atoms with van der Waals surface area (Å²) in [5.41, 5.74) is 2.09. The number of hydrogen-bond acceptors (Lipinski definition) is 4. The molecule has 0 atom stereocenters. The van der Waals surface area contributed by atoms with E-state index in [-0.39, 0.29) is 0 Å². The molecule has 0 aliphatic rings. The van der Waals surface area contributed by atoms with Gasteiger partial charge in [0, 0.05) is 11.9 Å². The standard InChI is InChI=1S/C18H14N4S/c1-2-9-15-13(6-1)7-5-8-14(15)12-23-18-20-17(21-22-18)16-10-3-4-11-19-16/h1-11H,12H2,(H,20,21,22). The maximum atomic E-state index is 4.51. The zero-order valence-corrected chi connectivity index (χ0v) is 13.1. The Kier molecular flexibility index (Phi) is 3.78. The van der Waals surface area contributed by atoms with Crippen LogP contribution in [0.3, 0.4) is 0 Å². The van der Waals surface area contributed by atoms with E-state index in [1.54, 1.807) is 18.0 Å². The van der Waals surface area contributed by atoms with Crippen molar-refractivity contribution in [1.29, 1.82) is 0 Å².